The Labute approximate surface area is 130 Å². The number of para-hydroxylation sites is 1. The number of hydrogen-bond donors (Lipinski definition) is 1. The van der Waals surface area contributed by atoms with Crippen molar-refractivity contribution in [2.75, 3.05) is 18.0 Å². The van der Waals surface area contributed by atoms with Crippen LogP contribution in [-0.4, -0.2) is 28.0 Å². The summed E-state index contributed by atoms with van der Waals surface area (Å²) in [4.78, 5) is 14.9. The molecule has 1 atom stereocenters. The number of hydrogen-bond acceptors (Lipinski definition) is 3. The number of anilines is 1. The van der Waals surface area contributed by atoms with Crippen molar-refractivity contribution < 1.29 is 0 Å². The number of benzene rings is 1. The van der Waals surface area contributed by atoms with E-state index in [1.165, 1.54) is 24.1 Å². The van der Waals surface area contributed by atoms with E-state index in [-0.39, 0.29) is 0 Å². The molecule has 0 amide bonds. The fourth-order valence-electron chi connectivity index (χ4n) is 3.38. The zero-order chi connectivity index (χ0) is 14.9. The van der Waals surface area contributed by atoms with E-state index >= 15 is 0 Å². The van der Waals surface area contributed by atoms with Crippen molar-refractivity contribution in [1.82, 2.24) is 15.0 Å². The van der Waals surface area contributed by atoms with Crippen molar-refractivity contribution in [3.8, 4) is 0 Å². The van der Waals surface area contributed by atoms with Crippen LogP contribution in [0.5, 0.6) is 0 Å². The first-order valence-corrected chi connectivity index (χ1v) is 7.91. The second-order valence-electron chi connectivity index (χ2n) is 6.08. The summed E-state index contributed by atoms with van der Waals surface area (Å²) >= 11 is 0. The number of pyridine rings is 1. The average Bonchev–Trinajstić information content (AvgIpc) is 3.02. The molecule has 1 aliphatic rings. The Hall–Kier alpha value is -2.36. The van der Waals surface area contributed by atoms with Gasteiger partial charge in [0.1, 0.15) is 5.82 Å². The van der Waals surface area contributed by atoms with Gasteiger partial charge >= 0.3 is 0 Å². The first-order chi connectivity index (χ1) is 10.8. The molecule has 0 aliphatic carbocycles. The predicted octanol–water partition coefficient (Wildman–Crippen LogP) is 3.65. The number of aryl methyl sites for hydroxylation is 1. The van der Waals surface area contributed by atoms with Gasteiger partial charge in [-0.25, -0.2) is 4.98 Å². The molecular formula is C18H20N4. The van der Waals surface area contributed by atoms with Crippen molar-refractivity contribution in [2.45, 2.75) is 25.7 Å². The number of fused-ring (bicyclic) bond motifs is 1. The zero-order valence-electron chi connectivity index (χ0n) is 12.8. The summed E-state index contributed by atoms with van der Waals surface area (Å²) in [7, 11) is 0. The third kappa shape index (κ3) is 2.34. The summed E-state index contributed by atoms with van der Waals surface area (Å²) in [6.07, 6.45) is 6.12. The van der Waals surface area contributed by atoms with Crippen LogP contribution in [0.2, 0.25) is 0 Å². The Morgan fingerprint density at radius 2 is 2.05 bits per heavy atom. The van der Waals surface area contributed by atoms with Crippen molar-refractivity contribution in [3.05, 3.63) is 54.1 Å². The number of nitrogens with one attached hydrogen (secondary N) is 1. The second-order valence-corrected chi connectivity index (χ2v) is 6.08. The number of nitrogens with zero attached hydrogens (tertiary/aromatic N) is 3. The van der Waals surface area contributed by atoms with Crippen LogP contribution in [-0.2, 0) is 0 Å². The first-order valence-electron chi connectivity index (χ1n) is 7.91. The smallest absolute Gasteiger partial charge is 0.112 e. The highest BCUT2D eigenvalue weighted by atomic mass is 15.1. The number of H-pyrrole nitrogens is 1. The van der Waals surface area contributed by atoms with Crippen LogP contribution in [0.15, 0.2) is 42.7 Å². The standard InChI is InChI=1S/C18H20N4/c1-13-4-2-6-16-17(13)21-18(20-16)14-5-3-11-22(12-14)15-7-9-19-10-8-15/h2,4,6-10,14H,3,5,11-12H2,1H3,(H,20,21)/t14-/m0/s1. The van der Waals surface area contributed by atoms with Crippen molar-refractivity contribution in [1.29, 1.82) is 0 Å². The zero-order valence-corrected chi connectivity index (χ0v) is 12.8. The average molecular weight is 292 g/mol. The molecule has 4 heteroatoms. The molecule has 22 heavy (non-hydrogen) atoms. The van der Waals surface area contributed by atoms with Crippen LogP contribution < -0.4 is 4.90 Å². The third-order valence-corrected chi connectivity index (χ3v) is 4.57. The molecular weight excluding hydrogens is 272 g/mol. The van der Waals surface area contributed by atoms with Gasteiger partial charge in [-0.15, -0.1) is 0 Å². The lowest BCUT2D eigenvalue weighted by atomic mass is 9.97. The van der Waals surface area contributed by atoms with E-state index in [9.17, 15) is 0 Å². The predicted molar refractivity (Wildman–Crippen MR) is 89.3 cm³/mol. The van der Waals surface area contributed by atoms with Gasteiger partial charge in [0.15, 0.2) is 0 Å². The monoisotopic (exact) mass is 292 g/mol. The van der Waals surface area contributed by atoms with E-state index in [0.29, 0.717) is 5.92 Å². The summed E-state index contributed by atoms with van der Waals surface area (Å²) in [5.74, 6) is 1.59. The highest BCUT2D eigenvalue weighted by molar-refractivity contribution is 5.78. The minimum absolute atomic E-state index is 0.466. The third-order valence-electron chi connectivity index (χ3n) is 4.57. The Morgan fingerprint density at radius 1 is 1.18 bits per heavy atom. The summed E-state index contributed by atoms with van der Waals surface area (Å²) in [5.41, 5.74) is 4.75. The molecule has 3 heterocycles. The van der Waals surface area contributed by atoms with Gasteiger partial charge in [0.05, 0.1) is 11.0 Å². The molecule has 4 rings (SSSR count). The molecule has 1 saturated heterocycles. The van der Waals surface area contributed by atoms with E-state index in [4.69, 9.17) is 4.98 Å². The Bertz CT molecular complexity index is 778. The second kappa shape index (κ2) is 5.44. The van der Waals surface area contributed by atoms with Crippen molar-refractivity contribution >= 4 is 16.7 Å². The molecule has 1 aliphatic heterocycles. The number of rotatable bonds is 2. The highest BCUT2D eigenvalue weighted by Gasteiger charge is 2.24. The maximum absolute atomic E-state index is 4.87. The van der Waals surface area contributed by atoms with Gasteiger partial charge in [0.25, 0.3) is 0 Å². The van der Waals surface area contributed by atoms with Gasteiger partial charge in [-0.2, -0.15) is 0 Å². The van der Waals surface area contributed by atoms with Gasteiger partial charge in [0, 0.05) is 37.1 Å². The highest BCUT2D eigenvalue weighted by Crippen LogP contribution is 2.29. The number of aromatic nitrogens is 3. The number of piperidine rings is 1. The van der Waals surface area contributed by atoms with Gasteiger partial charge in [-0.3, -0.25) is 4.98 Å². The van der Waals surface area contributed by atoms with E-state index in [1.54, 1.807) is 0 Å². The minimum Gasteiger partial charge on any atom is -0.371 e. The lowest BCUT2D eigenvalue weighted by Crippen LogP contribution is -2.34. The maximum Gasteiger partial charge on any atom is 0.112 e. The van der Waals surface area contributed by atoms with E-state index in [0.717, 1.165) is 29.9 Å². The van der Waals surface area contributed by atoms with Gasteiger partial charge in [-0.1, -0.05) is 12.1 Å². The Kier molecular flexibility index (Phi) is 3.29. The molecule has 4 nitrogen and oxygen atoms in total. The lowest BCUT2D eigenvalue weighted by molar-refractivity contribution is 0.495. The van der Waals surface area contributed by atoms with Crippen LogP contribution in [0.25, 0.3) is 11.0 Å². The Morgan fingerprint density at radius 3 is 2.86 bits per heavy atom. The molecule has 1 fully saturated rings. The topological polar surface area (TPSA) is 44.8 Å². The van der Waals surface area contributed by atoms with Gasteiger partial charge < -0.3 is 9.88 Å². The largest absolute Gasteiger partial charge is 0.371 e. The summed E-state index contributed by atoms with van der Waals surface area (Å²) in [6, 6.07) is 10.5. The van der Waals surface area contributed by atoms with Crippen molar-refractivity contribution in [3.63, 3.8) is 0 Å². The molecule has 2 aromatic heterocycles. The molecule has 1 aromatic carbocycles. The quantitative estimate of drug-likeness (QED) is 0.784. The maximum atomic E-state index is 4.87. The molecule has 3 aromatic rings. The van der Waals surface area contributed by atoms with Crippen LogP contribution in [0.1, 0.15) is 30.1 Å². The molecule has 0 bridgehead atoms. The Balaban J connectivity index is 1.62. The molecule has 0 saturated carbocycles. The van der Waals surface area contributed by atoms with Crippen LogP contribution in [0.4, 0.5) is 5.69 Å². The lowest BCUT2D eigenvalue weighted by Gasteiger charge is -2.33. The molecule has 1 N–H and O–H groups in total. The molecule has 0 radical (unpaired) electrons. The fourth-order valence-corrected chi connectivity index (χ4v) is 3.38. The van der Waals surface area contributed by atoms with Gasteiger partial charge in [-0.05, 0) is 43.5 Å². The minimum atomic E-state index is 0.466. The summed E-state index contributed by atoms with van der Waals surface area (Å²) < 4.78 is 0. The van der Waals surface area contributed by atoms with Crippen LogP contribution >= 0.6 is 0 Å². The first kappa shape index (κ1) is 13.3. The summed E-state index contributed by atoms with van der Waals surface area (Å²) in [6.45, 7) is 4.25. The molecule has 0 spiro atoms. The van der Waals surface area contributed by atoms with Crippen LogP contribution in [0.3, 0.4) is 0 Å². The summed E-state index contributed by atoms with van der Waals surface area (Å²) in [5, 5.41) is 0. The molecule has 0 unspecified atom stereocenters. The van der Waals surface area contributed by atoms with Gasteiger partial charge in [0.2, 0.25) is 0 Å². The van der Waals surface area contributed by atoms with E-state index in [1.807, 2.05) is 12.4 Å². The molecule has 112 valence electrons. The van der Waals surface area contributed by atoms with Crippen molar-refractivity contribution in [2.24, 2.45) is 0 Å². The normalized spacial score (nSPS) is 18.8. The number of imidazole rings is 1. The fraction of sp³-hybridized carbons (Fsp3) is 0.333. The van der Waals surface area contributed by atoms with E-state index in [2.05, 4.69) is 52.1 Å². The van der Waals surface area contributed by atoms with Crippen LogP contribution in [0, 0.1) is 6.92 Å². The van der Waals surface area contributed by atoms with E-state index < -0.39 is 0 Å². The SMILES string of the molecule is Cc1cccc2[nH]c([C@H]3CCCN(c4ccncc4)C3)nc12. The number of aromatic amines is 1.